The maximum absolute atomic E-state index is 12.1. The number of pyridine rings is 1. The fourth-order valence-electron chi connectivity index (χ4n) is 3.25. The number of hydrogen-bond acceptors (Lipinski definition) is 5. The lowest BCUT2D eigenvalue weighted by atomic mass is 10.1. The molecule has 3 aromatic rings. The second kappa shape index (κ2) is 8.81. The summed E-state index contributed by atoms with van der Waals surface area (Å²) in [6.07, 6.45) is 7.04. The highest BCUT2D eigenvalue weighted by molar-refractivity contribution is 7.17. The van der Waals surface area contributed by atoms with E-state index < -0.39 is 0 Å². The summed E-state index contributed by atoms with van der Waals surface area (Å²) in [7, 11) is 0. The predicted octanol–water partition coefficient (Wildman–Crippen LogP) is 4.80. The number of fused-ring (bicyclic) bond motifs is 1. The number of ether oxygens (including phenoxy) is 1. The summed E-state index contributed by atoms with van der Waals surface area (Å²) >= 11 is 7.90. The Labute approximate surface area is 183 Å². The first-order chi connectivity index (χ1) is 14.5. The van der Waals surface area contributed by atoms with E-state index in [9.17, 15) is 9.59 Å². The number of carbonyl (C=O) groups excluding carboxylic acids is 2. The van der Waals surface area contributed by atoms with E-state index in [-0.39, 0.29) is 17.8 Å². The van der Waals surface area contributed by atoms with Crippen molar-refractivity contribution in [1.29, 1.82) is 0 Å². The molecular formula is C23H19ClN2O3S. The van der Waals surface area contributed by atoms with Crippen LogP contribution in [0.3, 0.4) is 0 Å². The number of ketones is 1. The Morgan fingerprint density at radius 2 is 2.20 bits per heavy atom. The van der Waals surface area contributed by atoms with E-state index in [2.05, 4.69) is 10.3 Å². The number of carbonyl (C=O) groups is 2. The highest BCUT2D eigenvalue weighted by Crippen LogP contribution is 2.41. The molecule has 5 nitrogen and oxygen atoms in total. The molecule has 0 aliphatic carbocycles. The highest BCUT2D eigenvalue weighted by Gasteiger charge is 2.26. The van der Waals surface area contributed by atoms with E-state index in [0.717, 1.165) is 26.4 Å². The molecule has 0 radical (unpaired) electrons. The van der Waals surface area contributed by atoms with E-state index in [1.54, 1.807) is 25.4 Å². The molecule has 30 heavy (non-hydrogen) atoms. The summed E-state index contributed by atoms with van der Waals surface area (Å²) in [5, 5.41) is 3.39. The molecule has 152 valence electrons. The predicted molar refractivity (Wildman–Crippen MR) is 119 cm³/mol. The van der Waals surface area contributed by atoms with Crippen LogP contribution in [0.5, 0.6) is 5.75 Å². The Hall–Kier alpha value is -2.96. The maximum Gasteiger partial charge on any atom is 0.244 e. The van der Waals surface area contributed by atoms with Gasteiger partial charge in [-0.1, -0.05) is 17.7 Å². The van der Waals surface area contributed by atoms with Crippen molar-refractivity contribution >= 4 is 40.7 Å². The van der Waals surface area contributed by atoms with Crippen molar-refractivity contribution in [3.8, 4) is 16.2 Å². The third kappa shape index (κ3) is 4.61. The number of nitrogens with zero attached hydrogens (tertiary/aromatic N) is 1. The summed E-state index contributed by atoms with van der Waals surface area (Å²) in [4.78, 5) is 29.4. The monoisotopic (exact) mass is 438 g/mol. The number of hydrogen-bond donors (Lipinski definition) is 1. The van der Waals surface area contributed by atoms with Gasteiger partial charge in [0, 0.05) is 35.3 Å². The van der Waals surface area contributed by atoms with Gasteiger partial charge in [-0.05, 0) is 54.5 Å². The SMILES string of the molecule is CC(=O)c1ccc(-c2cc(Cl)c3c(c2)C[C@@H](CNC(=O)/C=C/c2cccnc2)O3)s1. The average Bonchev–Trinajstić information content (AvgIpc) is 3.39. The van der Waals surface area contributed by atoms with Crippen molar-refractivity contribution < 1.29 is 14.3 Å². The molecule has 0 fully saturated rings. The fraction of sp³-hybridized carbons (Fsp3) is 0.174. The quantitative estimate of drug-likeness (QED) is 0.443. The second-order valence-electron chi connectivity index (χ2n) is 6.98. The van der Waals surface area contributed by atoms with Crippen molar-refractivity contribution in [2.45, 2.75) is 19.4 Å². The van der Waals surface area contributed by atoms with Crippen molar-refractivity contribution in [3.63, 3.8) is 0 Å². The normalized spacial score (nSPS) is 15.1. The van der Waals surface area contributed by atoms with Gasteiger partial charge in [-0.25, -0.2) is 0 Å². The van der Waals surface area contributed by atoms with Crippen LogP contribution < -0.4 is 10.1 Å². The minimum absolute atomic E-state index is 0.0511. The van der Waals surface area contributed by atoms with Crippen LogP contribution in [0.4, 0.5) is 0 Å². The van der Waals surface area contributed by atoms with E-state index >= 15 is 0 Å². The molecule has 1 amide bonds. The van der Waals surface area contributed by atoms with E-state index in [1.165, 1.54) is 17.4 Å². The van der Waals surface area contributed by atoms with Gasteiger partial charge in [-0.3, -0.25) is 14.6 Å². The molecule has 1 aliphatic rings. The van der Waals surface area contributed by atoms with Crippen molar-refractivity contribution in [3.05, 3.63) is 75.9 Å². The van der Waals surface area contributed by atoms with Gasteiger partial charge in [-0.2, -0.15) is 0 Å². The van der Waals surface area contributed by atoms with Crippen LogP contribution in [0.2, 0.25) is 5.02 Å². The number of benzene rings is 1. The Kier molecular flexibility index (Phi) is 5.97. The molecule has 0 saturated carbocycles. The molecule has 4 rings (SSSR count). The Morgan fingerprint density at radius 3 is 2.93 bits per heavy atom. The van der Waals surface area contributed by atoms with Gasteiger partial charge in [0.2, 0.25) is 5.91 Å². The number of amides is 1. The smallest absolute Gasteiger partial charge is 0.244 e. The lowest BCUT2D eigenvalue weighted by molar-refractivity contribution is -0.116. The second-order valence-corrected chi connectivity index (χ2v) is 8.47. The highest BCUT2D eigenvalue weighted by atomic mass is 35.5. The molecule has 1 atom stereocenters. The van der Waals surface area contributed by atoms with E-state index in [1.807, 2.05) is 36.4 Å². The van der Waals surface area contributed by atoms with Crippen molar-refractivity contribution in [2.75, 3.05) is 6.54 Å². The Morgan fingerprint density at radius 1 is 1.33 bits per heavy atom. The van der Waals surface area contributed by atoms with Crippen LogP contribution >= 0.6 is 22.9 Å². The van der Waals surface area contributed by atoms with Gasteiger partial charge in [0.15, 0.2) is 5.78 Å². The Balaban J connectivity index is 1.39. The first kappa shape index (κ1) is 20.3. The lowest BCUT2D eigenvalue weighted by Crippen LogP contribution is -2.33. The zero-order chi connectivity index (χ0) is 21.1. The van der Waals surface area contributed by atoms with Crippen LogP contribution in [-0.4, -0.2) is 29.3 Å². The molecule has 2 aromatic heterocycles. The Bertz CT molecular complexity index is 1120. The third-order valence-corrected chi connectivity index (χ3v) is 6.22. The molecule has 0 saturated heterocycles. The molecular weight excluding hydrogens is 420 g/mol. The molecule has 3 heterocycles. The number of halogens is 1. The standard InChI is InChI=1S/C23H19ClN2O3S/c1-14(27)20-5-6-21(30-20)16-9-17-10-18(29-23(17)19(24)11-16)13-26-22(28)7-4-15-3-2-8-25-12-15/h2-9,11-12,18H,10,13H2,1H3,(H,26,28)/b7-4+/t18-/m0/s1. The van der Waals surface area contributed by atoms with Gasteiger partial charge in [0.1, 0.15) is 11.9 Å². The van der Waals surface area contributed by atoms with Crippen LogP contribution in [0.1, 0.15) is 27.7 Å². The maximum atomic E-state index is 12.1. The number of aromatic nitrogens is 1. The van der Waals surface area contributed by atoms with Gasteiger partial charge in [-0.15, -0.1) is 11.3 Å². The molecule has 1 aromatic carbocycles. The van der Waals surface area contributed by atoms with Crippen molar-refractivity contribution in [2.24, 2.45) is 0 Å². The summed E-state index contributed by atoms with van der Waals surface area (Å²) < 4.78 is 5.95. The fourth-order valence-corrected chi connectivity index (χ4v) is 4.42. The van der Waals surface area contributed by atoms with Crippen LogP contribution in [0, 0.1) is 0 Å². The van der Waals surface area contributed by atoms with E-state index in [0.29, 0.717) is 23.7 Å². The topological polar surface area (TPSA) is 68.3 Å². The van der Waals surface area contributed by atoms with Gasteiger partial charge in [0.25, 0.3) is 0 Å². The minimum atomic E-state index is -0.194. The van der Waals surface area contributed by atoms with Gasteiger partial charge < -0.3 is 10.1 Å². The summed E-state index contributed by atoms with van der Waals surface area (Å²) in [5.74, 6) is 0.518. The van der Waals surface area contributed by atoms with Gasteiger partial charge in [0.05, 0.1) is 16.4 Å². The van der Waals surface area contributed by atoms with Crippen LogP contribution in [0.15, 0.2) is 54.9 Å². The molecule has 1 N–H and O–H groups in total. The molecule has 0 bridgehead atoms. The summed E-state index contributed by atoms with van der Waals surface area (Å²) in [6.45, 7) is 1.94. The number of thiophene rings is 1. The molecule has 0 spiro atoms. The molecule has 1 aliphatic heterocycles. The number of Topliss-reactive ketones (excluding diaryl/α,β-unsaturated/α-hetero) is 1. The average molecular weight is 439 g/mol. The summed E-state index contributed by atoms with van der Waals surface area (Å²) in [5.41, 5.74) is 2.82. The lowest BCUT2D eigenvalue weighted by Gasteiger charge is -2.11. The zero-order valence-electron chi connectivity index (χ0n) is 16.2. The third-order valence-electron chi connectivity index (χ3n) is 4.71. The van der Waals surface area contributed by atoms with Gasteiger partial charge >= 0.3 is 0 Å². The first-order valence-corrected chi connectivity index (χ1v) is 10.6. The van der Waals surface area contributed by atoms with Crippen LogP contribution in [-0.2, 0) is 11.2 Å². The van der Waals surface area contributed by atoms with E-state index in [4.69, 9.17) is 16.3 Å². The first-order valence-electron chi connectivity index (χ1n) is 9.46. The van der Waals surface area contributed by atoms with Crippen molar-refractivity contribution in [1.82, 2.24) is 10.3 Å². The minimum Gasteiger partial charge on any atom is -0.486 e. The van der Waals surface area contributed by atoms with Crippen LogP contribution in [0.25, 0.3) is 16.5 Å². The zero-order valence-corrected chi connectivity index (χ0v) is 17.8. The molecule has 0 unspecified atom stereocenters. The molecule has 7 heteroatoms. The number of rotatable bonds is 6. The largest absolute Gasteiger partial charge is 0.486 e. The number of nitrogens with one attached hydrogen (secondary N) is 1. The summed E-state index contributed by atoms with van der Waals surface area (Å²) in [6, 6.07) is 11.4.